The molecule has 11 heteroatoms. The highest BCUT2D eigenvalue weighted by Crippen LogP contribution is 2.27. The molecule has 150 valence electrons. The number of likely N-dealkylation sites (N-methyl/N-ethyl adjacent to an activating group) is 1. The second-order valence-corrected chi connectivity index (χ2v) is 9.17. The van der Waals surface area contributed by atoms with E-state index >= 15 is 0 Å². The third-order valence-corrected chi connectivity index (χ3v) is 6.23. The van der Waals surface area contributed by atoms with E-state index in [0.717, 1.165) is 35.6 Å². The molecule has 0 saturated carbocycles. The molecule has 0 saturated heterocycles. The summed E-state index contributed by atoms with van der Waals surface area (Å²) < 4.78 is 22.4. The number of carbonyl (C=O) groups is 2. The van der Waals surface area contributed by atoms with E-state index in [1.54, 1.807) is 12.1 Å². The predicted octanol–water partition coefficient (Wildman–Crippen LogP) is 0.0758. The highest BCUT2D eigenvalue weighted by atomic mass is 32.2. The van der Waals surface area contributed by atoms with Gasteiger partial charge in [-0.1, -0.05) is 12.1 Å². The van der Waals surface area contributed by atoms with Gasteiger partial charge in [-0.05, 0) is 31.2 Å². The molecule has 0 fully saturated rings. The van der Waals surface area contributed by atoms with Gasteiger partial charge in [0, 0.05) is 30.9 Å². The third-order valence-electron chi connectivity index (χ3n) is 4.30. The van der Waals surface area contributed by atoms with Crippen LogP contribution in [-0.2, 0) is 39.0 Å². The van der Waals surface area contributed by atoms with E-state index in [1.807, 2.05) is 7.05 Å². The number of fused-ring (bicyclic) bond motifs is 1. The Labute approximate surface area is 167 Å². The van der Waals surface area contributed by atoms with Crippen molar-refractivity contribution in [1.29, 1.82) is 0 Å². The van der Waals surface area contributed by atoms with Crippen molar-refractivity contribution in [2.75, 3.05) is 25.5 Å². The van der Waals surface area contributed by atoms with E-state index in [-0.39, 0.29) is 11.4 Å². The number of thiazole rings is 1. The number of benzene rings is 1. The number of nitrogens with two attached hydrogens (primary N) is 1. The van der Waals surface area contributed by atoms with Gasteiger partial charge in [-0.25, -0.2) is 18.5 Å². The molecule has 2 aromatic rings. The van der Waals surface area contributed by atoms with Crippen molar-refractivity contribution in [1.82, 2.24) is 15.2 Å². The van der Waals surface area contributed by atoms with Crippen molar-refractivity contribution < 1.29 is 18.0 Å². The summed E-state index contributed by atoms with van der Waals surface area (Å²) in [4.78, 5) is 31.7. The smallest absolute Gasteiger partial charge is 0.315 e. The summed E-state index contributed by atoms with van der Waals surface area (Å²) >= 11 is 1.38. The van der Waals surface area contributed by atoms with Gasteiger partial charge in [-0.2, -0.15) is 0 Å². The molecular formula is C17H21N5O4S2. The number of primary sulfonamides is 1. The molecule has 2 heterocycles. The van der Waals surface area contributed by atoms with Crippen LogP contribution in [0.25, 0.3) is 0 Å². The monoisotopic (exact) mass is 423 g/mol. The second-order valence-electron chi connectivity index (χ2n) is 6.53. The Kier molecular flexibility index (Phi) is 6.08. The maximum absolute atomic E-state index is 12.0. The van der Waals surface area contributed by atoms with Crippen LogP contribution in [0.1, 0.15) is 16.1 Å². The lowest BCUT2D eigenvalue weighted by Crippen LogP contribution is -2.36. The number of anilines is 1. The quantitative estimate of drug-likeness (QED) is 0.583. The predicted molar refractivity (Wildman–Crippen MR) is 105 cm³/mol. The van der Waals surface area contributed by atoms with Gasteiger partial charge >= 0.3 is 11.8 Å². The molecule has 9 nitrogen and oxygen atoms in total. The molecule has 0 radical (unpaired) electrons. The Bertz CT molecular complexity index is 985. The van der Waals surface area contributed by atoms with E-state index in [1.165, 1.54) is 23.5 Å². The van der Waals surface area contributed by atoms with Crippen molar-refractivity contribution in [2.24, 2.45) is 5.14 Å². The number of nitrogens with one attached hydrogen (secondary N) is 2. The molecule has 0 spiro atoms. The molecule has 0 bridgehead atoms. The summed E-state index contributed by atoms with van der Waals surface area (Å²) in [7, 11) is -1.70. The Hall–Kier alpha value is -2.34. The van der Waals surface area contributed by atoms with E-state index in [9.17, 15) is 18.0 Å². The zero-order chi connectivity index (χ0) is 20.3. The topological polar surface area (TPSA) is 134 Å². The Balaban J connectivity index is 1.48. The number of carbonyl (C=O) groups excluding carboxylic acids is 2. The number of aromatic nitrogens is 1. The maximum atomic E-state index is 12.0. The first-order chi connectivity index (χ1) is 13.2. The molecule has 0 aliphatic carbocycles. The summed E-state index contributed by atoms with van der Waals surface area (Å²) in [6, 6.07) is 6.04. The van der Waals surface area contributed by atoms with Crippen molar-refractivity contribution in [2.45, 2.75) is 24.3 Å². The van der Waals surface area contributed by atoms with Crippen molar-refractivity contribution in [3.63, 3.8) is 0 Å². The molecule has 4 N–H and O–H groups in total. The lowest BCUT2D eigenvalue weighted by atomic mass is 10.1. The number of sulfonamides is 1. The Morgan fingerprint density at radius 2 is 1.96 bits per heavy atom. The fourth-order valence-corrected chi connectivity index (χ4v) is 4.38. The Morgan fingerprint density at radius 1 is 1.25 bits per heavy atom. The zero-order valence-corrected chi connectivity index (χ0v) is 16.9. The molecule has 0 atom stereocenters. The van der Waals surface area contributed by atoms with E-state index in [4.69, 9.17) is 5.14 Å². The summed E-state index contributed by atoms with van der Waals surface area (Å²) in [5, 5.41) is 10.6. The zero-order valence-electron chi connectivity index (χ0n) is 15.3. The first-order valence-electron chi connectivity index (χ1n) is 8.60. The fourth-order valence-electron chi connectivity index (χ4n) is 2.78. The molecule has 1 aromatic carbocycles. The summed E-state index contributed by atoms with van der Waals surface area (Å²) in [6.07, 6.45) is 1.27. The highest BCUT2D eigenvalue weighted by Gasteiger charge is 2.21. The molecule has 1 aliphatic heterocycles. The van der Waals surface area contributed by atoms with Crippen LogP contribution in [0.2, 0.25) is 0 Å². The minimum Gasteiger partial charge on any atom is -0.347 e. The fraction of sp³-hybridized carbons (Fsp3) is 0.353. The number of nitrogens with zero attached hydrogens (tertiary/aromatic N) is 2. The van der Waals surface area contributed by atoms with Crippen LogP contribution in [-0.4, -0.2) is 50.3 Å². The normalized spacial score (nSPS) is 14.4. The standard InChI is InChI=1S/C17H21N5O4S2/c1-22-9-7-13-14(10-22)27-17(20-13)21-16(24)15(23)19-8-6-11-2-4-12(5-3-11)28(18,25)26/h2-5H,6-10H2,1H3,(H,19,23)(H2,18,25,26)(H,20,21,24). The molecule has 1 aliphatic rings. The Morgan fingerprint density at radius 3 is 2.64 bits per heavy atom. The third kappa shape index (κ3) is 5.13. The number of amides is 2. The minimum absolute atomic E-state index is 0.0250. The van der Waals surface area contributed by atoms with E-state index in [0.29, 0.717) is 11.6 Å². The van der Waals surface area contributed by atoms with Crippen molar-refractivity contribution in [3.05, 3.63) is 40.4 Å². The van der Waals surface area contributed by atoms with Gasteiger partial charge in [0.25, 0.3) is 0 Å². The molecule has 1 aromatic heterocycles. The molecule has 3 rings (SSSR count). The second kappa shape index (κ2) is 8.35. The van der Waals surface area contributed by atoms with Crippen LogP contribution in [0, 0.1) is 0 Å². The molecule has 0 unspecified atom stereocenters. The van der Waals surface area contributed by atoms with Gasteiger partial charge < -0.3 is 10.2 Å². The van der Waals surface area contributed by atoms with E-state index in [2.05, 4.69) is 20.5 Å². The summed E-state index contributed by atoms with van der Waals surface area (Å²) in [5.74, 6) is -1.50. The van der Waals surface area contributed by atoms with Crippen LogP contribution in [0.4, 0.5) is 5.13 Å². The average molecular weight is 424 g/mol. The van der Waals surface area contributed by atoms with E-state index < -0.39 is 21.8 Å². The number of hydrogen-bond acceptors (Lipinski definition) is 7. The largest absolute Gasteiger partial charge is 0.347 e. The molecule has 28 heavy (non-hydrogen) atoms. The van der Waals surface area contributed by atoms with Gasteiger partial charge in [0.05, 0.1) is 10.6 Å². The van der Waals surface area contributed by atoms with Crippen LogP contribution in [0.3, 0.4) is 0 Å². The van der Waals surface area contributed by atoms with Gasteiger partial charge in [-0.15, -0.1) is 11.3 Å². The van der Waals surface area contributed by atoms with Crippen LogP contribution >= 0.6 is 11.3 Å². The highest BCUT2D eigenvalue weighted by molar-refractivity contribution is 7.89. The molecular weight excluding hydrogens is 402 g/mol. The lowest BCUT2D eigenvalue weighted by Gasteiger charge is -2.20. The average Bonchev–Trinajstić information content (AvgIpc) is 3.02. The summed E-state index contributed by atoms with van der Waals surface area (Å²) in [6.45, 7) is 1.95. The van der Waals surface area contributed by atoms with Crippen LogP contribution in [0.5, 0.6) is 0 Å². The minimum atomic E-state index is -3.73. The van der Waals surface area contributed by atoms with Gasteiger partial charge in [-0.3, -0.25) is 14.9 Å². The molecule has 2 amide bonds. The van der Waals surface area contributed by atoms with Gasteiger partial charge in [0.1, 0.15) is 0 Å². The number of rotatable bonds is 5. The van der Waals surface area contributed by atoms with Gasteiger partial charge in [0.2, 0.25) is 10.0 Å². The number of hydrogen-bond donors (Lipinski definition) is 3. The maximum Gasteiger partial charge on any atom is 0.315 e. The SMILES string of the molecule is CN1CCc2nc(NC(=O)C(=O)NCCc3ccc(S(N)(=O)=O)cc3)sc2C1. The van der Waals surface area contributed by atoms with Crippen LogP contribution in [0.15, 0.2) is 29.2 Å². The first-order valence-corrected chi connectivity index (χ1v) is 11.0. The summed E-state index contributed by atoms with van der Waals surface area (Å²) in [5.41, 5.74) is 1.78. The van der Waals surface area contributed by atoms with Crippen molar-refractivity contribution in [3.8, 4) is 0 Å². The first kappa shape index (κ1) is 20.4. The lowest BCUT2D eigenvalue weighted by molar-refractivity contribution is -0.136. The van der Waals surface area contributed by atoms with Crippen molar-refractivity contribution >= 4 is 38.3 Å². The van der Waals surface area contributed by atoms with Gasteiger partial charge in [0.15, 0.2) is 5.13 Å². The van der Waals surface area contributed by atoms with Crippen LogP contribution < -0.4 is 15.8 Å².